The molecule has 0 bridgehead atoms. The molecule has 0 aliphatic rings. The van der Waals surface area contributed by atoms with Crippen LogP contribution in [0.4, 0.5) is 14.5 Å². The van der Waals surface area contributed by atoms with Gasteiger partial charge in [-0.15, -0.1) is 11.3 Å². The number of aryl methyl sites for hydroxylation is 1. The van der Waals surface area contributed by atoms with Crippen LogP contribution < -0.4 is 10.5 Å². The average Bonchev–Trinajstić information content (AvgIpc) is 2.71. The Morgan fingerprint density at radius 1 is 1.35 bits per heavy atom. The molecule has 1 heterocycles. The standard InChI is InChI=1S/C11H11F2N3O2S2/c1-6-15-4-8(19-6)5-16-20(17,18)11-9(12)2-7(14)3-10(11)13/h2-4,16H,5,14H2,1H3. The Morgan fingerprint density at radius 3 is 2.45 bits per heavy atom. The third-order valence-electron chi connectivity index (χ3n) is 2.39. The number of aromatic nitrogens is 1. The maximum absolute atomic E-state index is 13.6. The SMILES string of the molecule is Cc1ncc(CNS(=O)(=O)c2c(F)cc(N)cc2F)s1. The summed E-state index contributed by atoms with van der Waals surface area (Å²) >= 11 is 1.29. The number of nitrogens with two attached hydrogens (primary N) is 1. The highest BCUT2D eigenvalue weighted by Crippen LogP contribution is 2.22. The summed E-state index contributed by atoms with van der Waals surface area (Å²) in [4.78, 5) is 3.56. The number of nitrogens with one attached hydrogen (secondary N) is 1. The summed E-state index contributed by atoms with van der Waals surface area (Å²) in [5.74, 6) is -2.45. The molecule has 2 aromatic rings. The molecule has 3 N–H and O–H groups in total. The van der Waals surface area contributed by atoms with Crippen LogP contribution in [0.2, 0.25) is 0 Å². The van der Waals surface area contributed by atoms with Gasteiger partial charge in [0.1, 0.15) is 11.6 Å². The first-order valence-corrected chi connectivity index (χ1v) is 7.75. The third kappa shape index (κ3) is 3.11. The molecule has 1 aromatic heterocycles. The van der Waals surface area contributed by atoms with E-state index in [1.165, 1.54) is 17.5 Å². The van der Waals surface area contributed by atoms with Crippen LogP contribution >= 0.6 is 11.3 Å². The average molecular weight is 319 g/mol. The molecule has 108 valence electrons. The molecule has 2 rings (SSSR count). The van der Waals surface area contributed by atoms with Crippen LogP contribution in [0.1, 0.15) is 9.88 Å². The van der Waals surface area contributed by atoms with Crippen molar-refractivity contribution in [1.82, 2.24) is 9.71 Å². The van der Waals surface area contributed by atoms with Gasteiger partial charge in [-0.1, -0.05) is 0 Å². The van der Waals surface area contributed by atoms with Crippen LogP contribution in [0.5, 0.6) is 0 Å². The number of sulfonamides is 1. The quantitative estimate of drug-likeness (QED) is 0.841. The molecule has 0 atom stereocenters. The molecule has 0 unspecified atom stereocenters. The molecular weight excluding hydrogens is 308 g/mol. The van der Waals surface area contributed by atoms with Gasteiger partial charge < -0.3 is 5.73 Å². The van der Waals surface area contributed by atoms with Crippen molar-refractivity contribution in [2.24, 2.45) is 0 Å². The Morgan fingerprint density at radius 2 is 1.95 bits per heavy atom. The minimum atomic E-state index is -4.30. The van der Waals surface area contributed by atoms with Crippen LogP contribution in [-0.4, -0.2) is 13.4 Å². The van der Waals surface area contributed by atoms with Gasteiger partial charge in [0.15, 0.2) is 4.90 Å². The lowest BCUT2D eigenvalue weighted by atomic mass is 10.3. The van der Waals surface area contributed by atoms with E-state index in [0.717, 1.165) is 17.1 Å². The predicted octanol–water partition coefficient (Wildman–Crippen LogP) is 1.79. The largest absolute Gasteiger partial charge is 0.399 e. The summed E-state index contributed by atoms with van der Waals surface area (Å²) in [6, 6.07) is 1.52. The van der Waals surface area contributed by atoms with E-state index in [4.69, 9.17) is 5.73 Å². The summed E-state index contributed by atoms with van der Waals surface area (Å²) in [5, 5.41) is 0.768. The van der Waals surface area contributed by atoms with Crippen LogP contribution in [0, 0.1) is 18.6 Å². The normalized spacial score (nSPS) is 11.8. The Kier molecular flexibility index (Phi) is 4.02. The van der Waals surface area contributed by atoms with E-state index in [0.29, 0.717) is 4.88 Å². The van der Waals surface area contributed by atoms with Gasteiger partial charge in [0.2, 0.25) is 10.0 Å². The Labute approximate surface area is 118 Å². The van der Waals surface area contributed by atoms with Gasteiger partial charge in [0.05, 0.1) is 5.01 Å². The second-order valence-corrected chi connectivity index (χ2v) is 7.01. The van der Waals surface area contributed by atoms with Gasteiger partial charge in [-0.25, -0.2) is 26.9 Å². The fourth-order valence-electron chi connectivity index (χ4n) is 1.56. The van der Waals surface area contributed by atoms with Crippen LogP contribution in [-0.2, 0) is 16.6 Å². The molecular formula is C11H11F2N3O2S2. The second kappa shape index (κ2) is 5.43. The van der Waals surface area contributed by atoms with E-state index in [9.17, 15) is 17.2 Å². The zero-order valence-electron chi connectivity index (χ0n) is 10.4. The number of thiazole rings is 1. The fourth-order valence-corrected chi connectivity index (χ4v) is 3.51. The Hall–Kier alpha value is -1.58. The van der Waals surface area contributed by atoms with E-state index in [1.54, 1.807) is 6.92 Å². The topological polar surface area (TPSA) is 85.1 Å². The van der Waals surface area contributed by atoms with Crippen LogP contribution in [0.3, 0.4) is 0 Å². The summed E-state index contributed by atoms with van der Waals surface area (Å²) in [7, 11) is -4.30. The predicted molar refractivity (Wildman–Crippen MR) is 71.6 cm³/mol. The Balaban J connectivity index is 2.27. The van der Waals surface area contributed by atoms with Crippen molar-refractivity contribution in [2.75, 3.05) is 5.73 Å². The van der Waals surface area contributed by atoms with Gasteiger partial charge in [-0.05, 0) is 19.1 Å². The molecule has 5 nitrogen and oxygen atoms in total. The maximum Gasteiger partial charge on any atom is 0.246 e. The van der Waals surface area contributed by atoms with Crippen molar-refractivity contribution in [2.45, 2.75) is 18.4 Å². The van der Waals surface area contributed by atoms with Crippen molar-refractivity contribution in [1.29, 1.82) is 0 Å². The number of rotatable bonds is 4. The maximum atomic E-state index is 13.6. The number of anilines is 1. The molecule has 0 saturated carbocycles. The van der Waals surface area contributed by atoms with E-state index >= 15 is 0 Å². The minimum absolute atomic E-state index is 0.0862. The number of hydrogen-bond acceptors (Lipinski definition) is 5. The zero-order valence-corrected chi connectivity index (χ0v) is 12.0. The van der Waals surface area contributed by atoms with Gasteiger partial charge in [-0.3, -0.25) is 0 Å². The van der Waals surface area contributed by atoms with E-state index in [-0.39, 0.29) is 12.2 Å². The number of benzene rings is 1. The highest BCUT2D eigenvalue weighted by molar-refractivity contribution is 7.89. The van der Waals surface area contributed by atoms with Crippen molar-refractivity contribution in [3.05, 3.63) is 39.8 Å². The lowest BCUT2D eigenvalue weighted by Crippen LogP contribution is -2.25. The first-order chi connectivity index (χ1) is 9.29. The number of hydrogen-bond donors (Lipinski definition) is 2. The van der Waals surface area contributed by atoms with Crippen molar-refractivity contribution < 1.29 is 17.2 Å². The lowest BCUT2D eigenvalue weighted by molar-refractivity contribution is 0.515. The molecule has 0 radical (unpaired) electrons. The third-order valence-corrected chi connectivity index (χ3v) is 4.76. The Bertz CT molecular complexity index is 721. The molecule has 0 saturated heterocycles. The molecule has 0 fully saturated rings. The van der Waals surface area contributed by atoms with Crippen molar-refractivity contribution >= 4 is 27.0 Å². The minimum Gasteiger partial charge on any atom is -0.399 e. The van der Waals surface area contributed by atoms with Gasteiger partial charge in [0, 0.05) is 23.3 Å². The molecule has 0 amide bonds. The van der Waals surface area contributed by atoms with Gasteiger partial charge in [0.25, 0.3) is 0 Å². The number of nitrogens with zero attached hydrogens (tertiary/aromatic N) is 1. The van der Waals surface area contributed by atoms with Crippen LogP contribution in [0.25, 0.3) is 0 Å². The number of nitrogen functional groups attached to an aromatic ring is 1. The van der Waals surface area contributed by atoms with Crippen LogP contribution in [0.15, 0.2) is 23.2 Å². The second-order valence-electron chi connectivity index (χ2n) is 3.98. The monoisotopic (exact) mass is 319 g/mol. The highest BCUT2D eigenvalue weighted by Gasteiger charge is 2.24. The highest BCUT2D eigenvalue weighted by atomic mass is 32.2. The van der Waals surface area contributed by atoms with Gasteiger partial charge in [-0.2, -0.15) is 0 Å². The smallest absolute Gasteiger partial charge is 0.246 e. The molecule has 0 spiro atoms. The lowest BCUT2D eigenvalue weighted by Gasteiger charge is -2.08. The van der Waals surface area contributed by atoms with Gasteiger partial charge >= 0.3 is 0 Å². The van der Waals surface area contributed by atoms with E-state index in [1.807, 2.05) is 0 Å². The van der Waals surface area contributed by atoms with Crippen molar-refractivity contribution in [3.63, 3.8) is 0 Å². The zero-order chi connectivity index (χ0) is 14.9. The number of halogens is 2. The first-order valence-electron chi connectivity index (χ1n) is 5.45. The summed E-state index contributed by atoms with van der Waals surface area (Å²) in [6.45, 7) is 1.68. The summed E-state index contributed by atoms with van der Waals surface area (Å²) in [6.07, 6.45) is 1.50. The summed E-state index contributed by atoms with van der Waals surface area (Å²) < 4.78 is 53.1. The molecule has 0 aliphatic heterocycles. The van der Waals surface area contributed by atoms with E-state index in [2.05, 4.69) is 9.71 Å². The molecule has 0 aliphatic carbocycles. The van der Waals surface area contributed by atoms with E-state index < -0.39 is 26.6 Å². The molecule has 1 aromatic carbocycles. The fraction of sp³-hybridized carbons (Fsp3) is 0.182. The van der Waals surface area contributed by atoms with Crippen molar-refractivity contribution in [3.8, 4) is 0 Å². The molecule has 9 heteroatoms. The first kappa shape index (κ1) is 14.8. The summed E-state index contributed by atoms with van der Waals surface area (Å²) in [5.41, 5.74) is 5.05. The molecule has 20 heavy (non-hydrogen) atoms.